The topological polar surface area (TPSA) is 88.2 Å². The van der Waals surface area contributed by atoms with Crippen molar-refractivity contribution in [1.82, 2.24) is 19.9 Å². The summed E-state index contributed by atoms with van der Waals surface area (Å²) in [6.45, 7) is 1.15. The normalized spacial score (nSPS) is 16.2. The molecule has 0 spiro atoms. The molecule has 1 atom stereocenters. The number of amides is 1. The standard InChI is InChI=1S/C21H20N4O3/c1-28-20-16(8-5-10-22-20)17-12-18(26)24-19(23-17)15-9-11-25(13-15)21(27)14-6-3-2-4-7-14/h2-8,10,12,15H,9,11,13H2,1H3,(H,23,24,26)/t15-/m0/s1. The second-order valence-corrected chi connectivity index (χ2v) is 6.68. The average Bonchev–Trinajstić information content (AvgIpc) is 3.23. The van der Waals surface area contributed by atoms with E-state index in [4.69, 9.17) is 4.74 Å². The quantitative estimate of drug-likeness (QED) is 0.756. The van der Waals surface area contributed by atoms with Gasteiger partial charge < -0.3 is 14.6 Å². The highest BCUT2D eigenvalue weighted by atomic mass is 16.5. The summed E-state index contributed by atoms with van der Waals surface area (Å²) in [6.07, 6.45) is 2.37. The summed E-state index contributed by atoms with van der Waals surface area (Å²) >= 11 is 0. The second-order valence-electron chi connectivity index (χ2n) is 6.68. The van der Waals surface area contributed by atoms with E-state index >= 15 is 0 Å². The number of carbonyl (C=O) groups is 1. The molecule has 1 amide bonds. The first-order valence-corrected chi connectivity index (χ1v) is 9.10. The molecule has 0 radical (unpaired) electrons. The smallest absolute Gasteiger partial charge is 0.253 e. The van der Waals surface area contributed by atoms with E-state index in [2.05, 4.69) is 15.0 Å². The van der Waals surface area contributed by atoms with Crippen LogP contribution in [0, 0.1) is 0 Å². The third-order valence-electron chi connectivity index (χ3n) is 4.88. The lowest BCUT2D eigenvalue weighted by molar-refractivity contribution is 0.0790. The summed E-state index contributed by atoms with van der Waals surface area (Å²) in [6, 6.07) is 14.2. The van der Waals surface area contributed by atoms with Gasteiger partial charge in [0.05, 0.1) is 18.4 Å². The second kappa shape index (κ2) is 7.64. The summed E-state index contributed by atoms with van der Waals surface area (Å²) < 4.78 is 5.29. The maximum Gasteiger partial charge on any atom is 0.253 e. The predicted molar refractivity (Wildman–Crippen MR) is 104 cm³/mol. The van der Waals surface area contributed by atoms with Gasteiger partial charge in [0.1, 0.15) is 5.82 Å². The Hall–Kier alpha value is -3.48. The van der Waals surface area contributed by atoms with Crippen LogP contribution in [0.2, 0.25) is 0 Å². The Morgan fingerprint density at radius 1 is 1.21 bits per heavy atom. The van der Waals surface area contributed by atoms with Crippen LogP contribution in [0.15, 0.2) is 59.5 Å². The van der Waals surface area contributed by atoms with Crippen LogP contribution in [-0.4, -0.2) is 46.0 Å². The minimum absolute atomic E-state index is 0.00414. The van der Waals surface area contributed by atoms with Gasteiger partial charge in [-0.05, 0) is 30.7 Å². The van der Waals surface area contributed by atoms with Crippen molar-refractivity contribution in [2.75, 3.05) is 20.2 Å². The van der Waals surface area contributed by atoms with Crippen molar-refractivity contribution in [3.8, 4) is 17.1 Å². The molecule has 1 aromatic carbocycles. The number of benzene rings is 1. The number of methoxy groups -OCH3 is 1. The Bertz CT molecular complexity index is 1050. The van der Waals surface area contributed by atoms with Crippen molar-refractivity contribution in [2.45, 2.75) is 12.3 Å². The molecule has 3 aromatic rings. The van der Waals surface area contributed by atoms with E-state index in [1.165, 1.54) is 13.2 Å². The van der Waals surface area contributed by atoms with Crippen molar-refractivity contribution in [3.05, 3.63) is 76.5 Å². The van der Waals surface area contributed by atoms with E-state index < -0.39 is 0 Å². The lowest BCUT2D eigenvalue weighted by Gasteiger charge is -2.16. The van der Waals surface area contributed by atoms with Gasteiger partial charge >= 0.3 is 0 Å². The number of hydrogen-bond acceptors (Lipinski definition) is 5. The molecule has 0 aliphatic carbocycles. The number of nitrogens with zero attached hydrogens (tertiary/aromatic N) is 3. The number of rotatable bonds is 4. The van der Waals surface area contributed by atoms with Gasteiger partial charge in [0.15, 0.2) is 0 Å². The maximum atomic E-state index is 12.7. The number of ether oxygens (including phenoxy) is 1. The number of H-pyrrole nitrogens is 1. The molecule has 3 heterocycles. The summed E-state index contributed by atoms with van der Waals surface area (Å²) in [5, 5.41) is 0. The number of carbonyl (C=O) groups excluding carboxylic acids is 1. The summed E-state index contributed by atoms with van der Waals surface area (Å²) in [4.78, 5) is 38.4. The largest absolute Gasteiger partial charge is 0.481 e. The molecule has 1 aliphatic heterocycles. The third kappa shape index (κ3) is 3.51. The van der Waals surface area contributed by atoms with Crippen LogP contribution < -0.4 is 10.3 Å². The highest BCUT2D eigenvalue weighted by Gasteiger charge is 2.29. The Morgan fingerprint density at radius 2 is 2.04 bits per heavy atom. The number of pyridine rings is 1. The predicted octanol–water partition coefficient (Wildman–Crippen LogP) is 2.47. The van der Waals surface area contributed by atoms with Crippen molar-refractivity contribution >= 4 is 5.91 Å². The summed E-state index contributed by atoms with van der Waals surface area (Å²) in [5.41, 5.74) is 1.60. The van der Waals surface area contributed by atoms with Crippen LogP contribution in [0.4, 0.5) is 0 Å². The van der Waals surface area contributed by atoms with Gasteiger partial charge in [0.25, 0.3) is 11.5 Å². The maximum absolute atomic E-state index is 12.7. The Balaban J connectivity index is 1.60. The third-order valence-corrected chi connectivity index (χ3v) is 4.88. The molecule has 0 bridgehead atoms. The van der Waals surface area contributed by atoms with Crippen molar-refractivity contribution < 1.29 is 9.53 Å². The molecule has 1 N–H and O–H groups in total. The van der Waals surface area contributed by atoms with E-state index in [1.807, 2.05) is 36.4 Å². The molecule has 1 saturated heterocycles. The number of nitrogens with one attached hydrogen (secondary N) is 1. The van der Waals surface area contributed by atoms with Crippen molar-refractivity contribution in [3.63, 3.8) is 0 Å². The van der Waals surface area contributed by atoms with Crippen LogP contribution in [-0.2, 0) is 0 Å². The Labute approximate surface area is 162 Å². The SMILES string of the molecule is COc1ncccc1-c1cc(=O)[nH]c([C@H]2CCN(C(=O)c3ccccc3)C2)n1. The van der Waals surface area contributed by atoms with Gasteiger partial charge in [0, 0.05) is 36.8 Å². The zero-order chi connectivity index (χ0) is 19.5. The monoisotopic (exact) mass is 376 g/mol. The van der Waals surface area contributed by atoms with Crippen molar-refractivity contribution in [1.29, 1.82) is 0 Å². The minimum Gasteiger partial charge on any atom is -0.481 e. The van der Waals surface area contributed by atoms with Crippen LogP contribution in [0.3, 0.4) is 0 Å². The fraction of sp³-hybridized carbons (Fsp3) is 0.238. The molecule has 1 fully saturated rings. The number of aromatic nitrogens is 3. The minimum atomic E-state index is -0.237. The van der Waals surface area contributed by atoms with Gasteiger partial charge in [-0.3, -0.25) is 9.59 Å². The molecular formula is C21H20N4O3. The van der Waals surface area contributed by atoms with Crippen molar-refractivity contribution in [2.24, 2.45) is 0 Å². The first-order chi connectivity index (χ1) is 13.7. The van der Waals surface area contributed by atoms with E-state index in [0.717, 1.165) is 6.42 Å². The number of hydrogen-bond donors (Lipinski definition) is 1. The fourth-order valence-corrected chi connectivity index (χ4v) is 3.49. The molecule has 142 valence electrons. The molecule has 7 nitrogen and oxygen atoms in total. The molecule has 0 saturated carbocycles. The van der Waals surface area contributed by atoms with Gasteiger partial charge in [0.2, 0.25) is 5.88 Å². The molecule has 7 heteroatoms. The highest BCUT2D eigenvalue weighted by Crippen LogP contribution is 2.29. The van der Waals surface area contributed by atoms with E-state index in [-0.39, 0.29) is 17.4 Å². The number of likely N-dealkylation sites (tertiary alicyclic amines) is 1. The zero-order valence-corrected chi connectivity index (χ0v) is 15.5. The summed E-state index contributed by atoms with van der Waals surface area (Å²) in [7, 11) is 1.53. The van der Waals surface area contributed by atoms with Crippen LogP contribution in [0.25, 0.3) is 11.3 Å². The molecule has 4 rings (SSSR count). The van der Waals surface area contributed by atoms with Crippen LogP contribution >= 0.6 is 0 Å². The Morgan fingerprint density at radius 3 is 2.82 bits per heavy atom. The van der Waals surface area contributed by atoms with Gasteiger partial charge in [-0.1, -0.05) is 18.2 Å². The fourth-order valence-electron chi connectivity index (χ4n) is 3.49. The van der Waals surface area contributed by atoms with Gasteiger partial charge in [-0.2, -0.15) is 0 Å². The molecule has 2 aromatic heterocycles. The lowest BCUT2D eigenvalue weighted by Crippen LogP contribution is -2.28. The average molecular weight is 376 g/mol. The zero-order valence-electron chi connectivity index (χ0n) is 15.5. The van der Waals surface area contributed by atoms with E-state index in [1.54, 1.807) is 17.2 Å². The summed E-state index contributed by atoms with van der Waals surface area (Å²) in [5.74, 6) is 0.967. The van der Waals surface area contributed by atoms with Crippen LogP contribution in [0.5, 0.6) is 5.88 Å². The molecular weight excluding hydrogens is 356 g/mol. The van der Waals surface area contributed by atoms with Gasteiger partial charge in [-0.15, -0.1) is 0 Å². The van der Waals surface area contributed by atoms with E-state index in [0.29, 0.717) is 41.6 Å². The molecule has 0 unspecified atom stereocenters. The molecule has 1 aliphatic rings. The highest BCUT2D eigenvalue weighted by molar-refractivity contribution is 5.94. The first kappa shape index (κ1) is 17.9. The Kier molecular flexibility index (Phi) is 4.89. The van der Waals surface area contributed by atoms with Gasteiger partial charge in [-0.25, -0.2) is 9.97 Å². The first-order valence-electron chi connectivity index (χ1n) is 9.10. The number of aromatic amines is 1. The van der Waals surface area contributed by atoms with Crippen LogP contribution in [0.1, 0.15) is 28.5 Å². The van der Waals surface area contributed by atoms with E-state index in [9.17, 15) is 9.59 Å². The lowest BCUT2D eigenvalue weighted by atomic mass is 10.1. The molecule has 28 heavy (non-hydrogen) atoms.